The third-order valence-corrected chi connectivity index (χ3v) is 5.36. The highest BCUT2D eigenvalue weighted by atomic mass is 32.2. The Hall–Kier alpha value is -1.56. The van der Waals surface area contributed by atoms with Gasteiger partial charge in [0.25, 0.3) is 0 Å². The molecule has 23 heavy (non-hydrogen) atoms. The lowest BCUT2D eigenvalue weighted by Gasteiger charge is -2.22. The van der Waals surface area contributed by atoms with Crippen LogP contribution in [0.4, 0.5) is 4.39 Å². The van der Waals surface area contributed by atoms with Crippen LogP contribution >= 0.6 is 11.8 Å². The van der Waals surface area contributed by atoms with E-state index in [1.165, 1.54) is 6.92 Å². The van der Waals surface area contributed by atoms with Gasteiger partial charge in [0.1, 0.15) is 11.9 Å². The Kier molecular flexibility index (Phi) is 5.20. The molecule has 3 rings (SSSR count). The lowest BCUT2D eigenvalue weighted by molar-refractivity contribution is -0.119. The van der Waals surface area contributed by atoms with Gasteiger partial charge in [0, 0.05) is 18.9 Å². The Balaban J connectivity index is 1.65. The third kappa shape index (κ3) is 4.05. The number of halogens is 1. The molecule has 1 fully saturated rings. The molecule has 1 N–H and O–H groups in total. The Morgan fingerprint density at radius 2 is 2.22 bits per heavy atom. The summed E-state index contributed by atoms with van der Waals surface area (Å²) >= 11 is 1.94. The predicted octanol–water partition coefficient (Wildman–Crippen LogP) is 3.07. The smallest absolute Gasteiger partial charge is 0.217 e. The maximum Gasteiger partial charge on any atom is 0.217 e. The van der Waals surface area contributed by atoms with Crippen LogP contribution in [-0.4, -0.2) is 35.8 Å². The number of hydrogen-bond donors (Lipinski definition) is 1. The summed E-state index contributed by atoms with van der Waals surface area (Å²) < 4.78 is 14.5. The van der Waals surface area contributed by atoms with E-state index in [2.05, 4.69) is 10.5 Å². The fourth-order valence-electron chi connectivity index (χ4n) is 3.01. The zero-order valence-corrected chi connectivity index (χ0v) is 14.0. The number of benzene rings is 1. The molecular weight excluding hydrogens is 315 g/mol. The van der Waals surface area contributed by atoms with Crippen LogP contribution in [0, 0.1) is 5.82 Å². The van der Waals surface area contributed by atoms with Gasteiger partial charge in [-0.15, -0.1) is 0 Å². The van der Waals surface area contributed by atoms with Gasteiger partial charge < -0.3 is 10.2 Å². The van der Waals surface area contributed by atoms with Crippen LogP contribution in [0.5, 0.6) is 0 Å². The summed E-state index contributed by atoms with van der Waals surface area (Å²) in [5.74, 6) is 2.31. The number of amides is 1. The normalized spacial score (nSPS) is 21.7. The second kappa shape index (κ2) is 7.34. The molecule has 2 heterocycles. The van der Waals surface area contributed by atoms with Gasteiger partial charge >= 0.3 is 0 Å². The highest BCUT2D eigenvalue weighted by Crippen LogP contribution is 2.33. The summed E-state index contributed by atoms with van der Waals surface area (Å²) in [6.07, 6.45) is 2.50. The van der Waals surface area contributed by atoms with E-state index in [0.717, 1.165) is 41.2 Å². The first kappa shape index (κ1) is 16.3. The summed E-state index contributed by atoms with van der Waals surface area (Å²) in [6, 6.07) is 5.40. The minimum Gasteiger partial charge on any atom is -0.390 e. The number of hydrogen-bond acceptors (Lipinski definition) is 4. The fraction of sp³-hybridized carbons (Fsp3) is 0.529. The maximum absolute atomic E-state index is 14.5. The van der Waals surface area contributed by atoms with E-state index in [0.29, 0.717) is 18.9 Å². The van der Waals surface area contributed by atoms with E-state index in [-0.39, 0.29) is 17.8 Å². The van der Waals surface area contributed by atoms with Crippen molar-refractivity contribution in [1.82, 2.24) is 5.32 Å². The van der Waals surface area contributed by atoms with E-state index < -0.39 is 0 Å². The van der Waals surface area contributed by atoms with Crippen molar-refractivity contribution >= 4 is 23.4 Å². The van der Waals surface area contributed by atoms with E-state index in [4.69, 9.17) is 4.84 Å². The minimum atomic E-state index is -0.174. The molecule has 1 aromatic rings. The quantitative estimate of drug-likeness (QED) is 0.919. The van der Waals surface area contributed by atoms with Gasteiger partial charge in [-0.3, -0.25) is 4.79 Å². The van der Waals surface area contributed by atoms with Crippen molar-refractivity contribution in [3.05, 3.63) is 35.1 Å². The van der Waals surface area contributed by atoms with Crippen LogP contribution in [0.15, 0.2) is 23.4 Å². The first-order valence-corrected chi connectivity index (χ1v) is 9.13. The average Bonchev–Trinajstić information content (AvgIpc) is 3.02. The monoisotopic (exact) mass is 336 g/mol. The zero-order chi connectivity index (χ0) is 16.2. The number of thioether (sulfide) groups is 1. The third-order valence-electron chi connectivity index (χ3n) is 4.31. The Bertz CT molecular complexity index is 615. The van der Waals surface area contributed by atoms with Crippen LogP contribution in [0.3, 0.4) is 0 Å². The van der Waals surface area contributed by atoms with E-state index in [9.17, 15) is 9.18 Å². The second-order valence-corrected chi connectivity index (χ2v) is 7.25. The predicted molar refractivity (Wildman–Crippen MR) is 90.4 cm³/mol. The first-order valence-electron chi connectivity index (χ1n) is 7.98. The van der Waals surface area contributed by atoms with Crippen molar-refractivity contribution in [3.63, 3.8) is 0 Å². The van der Waals surface area contributed by atoms with E-state index in [1.54, 1.807) is 6.07 Å². The molecule has 0 bridgehead atoms. The molecule has 1 aromatic carbocycles. The molecule has 1 atom stereocenters. The average molecular weight is 336 g/mol. The summed E-state index contributed by atoms with van der Waals surface area (Å²) in [5, 5.41) is 6.75. The Morgan fingerprint density at radius 3 is 2.91 bits per heavy atom. The van der Waals surface area contributed by atoms with Crippen LogP contribution in [0.2, 0.25) is 0 Å². The molecule has 6 heteroatoms. The molecule has 4 nitrogen and oxygen atoms in total. The molecule has 124 valence electrons. The van der Waals surface area contributed by atoms with Crippen molar-refractivity contribution < 1.29 is 14.0 Å². The molecule has 0 radical (unpaired) electrons. The van der Waals surface area contributed by atoms with E-state index in [1.807, 2.05) is 23.9 Å². The summed E-state index contributed by atoms with van der Waals surface area (Å²) in [4.78, 5) is 16.2. The van der Waals surface area contributed by atoms with E-state index >= 15 is 0 Å². The number of nitrogens with one attached hydrogen (secondary N) is 1. The van der Waals surface area contributed by atoms with Gasteiger partial charge in [-0.1, -0.05) is 17.3 Å². The molecule has 0 saturated carbocycles. The minimum absolute atomic E-state index is 0.0944. The molecule has 1 unspecified atom stereocenters. The fourth-order valence-corrected chi connectivity index (χ4v) is 4.12. The van der Waals surface area contributed by atoms with Crippen molar-refractivity contribution in [1.29, 1.82) is 0 Å². The Morgan fingerprint density at radius 1 is 1.43 bits per heavy atom. The number of oxime groups is 1. The van der Waals surface area contributed by atoms with Crippen LogP contribution < -0.4 is 5.32 Å². The maximum atomic E-state index is 14.5. The zero-order valence-electron chi connectivity index (χ0n) is 13.2. The largest absolute Gasteiger partial charge is 0.390 e. The number of carbonyl (C=O) groups is 1. The summed E-state index contributed by atoms with van der Waals surface area (Å²) in [5.41, 5.74) is 2.33. The Labute approximate surface area is 139 Å². The van der Waals surface area contributed by atoms with Crippen LogP contribution in [-0.2, 0) is 9.63 Å². The van der Waals surface area contributed by atoms with Gasteiger partial charge in [-0.25, -0.2) is 4.39 Å². The number of rotatable bonds is 4. The van der Waals surface area contributed by atoms with Gasteiger partial charge in [0.2, 0.25) is 5.91 Å². The molecule has 0 aromatic heterocycles. The molecule has 1 saturated heterocycles. The standard InChI is InChI=1S/C17H21FN2O2S/c1-11(21)19-10-14-9-17(20-22-14)13-2-3-15(16(18)8-13)12-4-6-23-7-5-12/h2-3,8,12,14H,4-7,9-10H2,1H3,(H,19,21). The van der Waals surface area contributed by atoms with Crippen molar-refractivity contribution in [2.24, 2.45) is 5.16 Å². The number of nitrogens with zero attached hydrogens (tertiary/aromatic N) is 1. The van der Waals surface area contributed by atoms with Crippen molar-refractivity contribution in [2.45, 2.75) is 38.2 Å². The van der Waals surface area contributed by atoms with Gasteiger partial charge in [-0.2, -0.15) is 11.8 Å². The first-order chi connectivity index (χ1) is 11.1. The lowest BCUT2D eigenvalue weighted by atomic mass is 9.91. The van der Waals surface area contributed by atoms with Crippen molar-refractivity contribution in [3.8, 4) is 0 Å². The lowest BCUT2D eigenvalue weighted by Crippen LogP contribution is -2.30. The second-order valence-electron chi connectivity index (χ2n) is 6.03. The van der Waals surface area contributed by atoms with Crippen LogP contribution in [0.1, 0.15) is 43.2 Å². The summed E-state index contributed by atoms with van der Waals surface area (Å²) in [7, 11) is 0. The van der Waals surface area contributed by atoms with Gasteiger partial charge in [-0.05, 0) is 41.9 Å². The molecule has 1 amide bonds. The summed E-state index contributed by atoms with van der Waals surface area (Å²) in [6.45, 7) is 1.89. The van der Waals surface area contributed by atoms with Gasteiger partial charge in [0.05, 0.1) is 12.3 Å². The molecule has 2 aliphatic heterocycles. The SMILES string of the molecule is CC(=O)NCC1CC(c2ccc(C3CCSCC3)c(F)c2)=NO1. The highest BCUT2D eigenvalue weighted by Gasteiger charge is 2.24. The molecular formula is C17H21FN2O2S. The van der Waals surface area contributed by atoms with Gasteiger partial charge in [0.15, 0.2) is 0 Å². The van der Waals surface area contributed by atoms with Crippen LogP contribution in [0.25, 0.3) is 0 Å². The number of carbonyl (C=O) groups excluding carboxylic acids is 1. The van der Waals surface area contributed by atoms with Crippen molar-refractivity contribution in [2.75, 3.05) is 18.1 Å². The highest BCUT2D eigenvalue weighted by molar-refractivity contribution is 7.99. The topological polar surface area (TPSA) is 50.7 Å². The molecule has 0 aliphatic carbocycles. The molecule has 2 aliphatic rings. The molecule has 0 spiro atoms.